The predicted molar refractivity (Wildman–Crippen MR) is 69.7 cm³/mol. The zero-order chi connectivity index (χ0) is 11.4. The summed E-state index contributed by atoms with van der Waals surface area (Å²) in [6, 6.07) is 2.47. The third-order valence-corrected chi connectivity index (χ3v) is 4.16. The summed E-state index contributed by atoms with van der Waals surface area (Å²) in [5.74, 6) is 0. The first-order valence-electron chi connectivity index (χ1n) is 7.30. The maximum Gasteiger partial charge on any atom is 0.0223 e. The van der Waals surface area contributed by atoms with E-state index in [1.165, 1.54) is 58.0 Å². The number of hydrogen-bond donors (Lipinski definition) is 1. The summed E-state index contributed by atoms with van der Waals surface area (Å²) in [6.07, 6.45) is 9.77. The first-order chi connectivity index (χ1) is 7.81. The van der Waals surface area contributed by atoms with Gasteiger partial charge in [0.05, 0.1) is 0 Å². The molecule has 0 bridgehead atoms. The van der Waals surface area contributed by atoms with Crippen molar-refractivity contribution in [1.29, 1.82) is 0 Å². The van der Waals surface area contributed by atoms with Crippen LogP contribution in [0.15, 0.2) is 0 Å². The Bertz CT molecular complexity index is 201. The molecule has 0 radical (unpaired) electrons. The molecule has 2 heteroatoms. The summed E-state index contributed by atoms with van der Waals surface area (Å²) in [4.78, 5) is 2.77. The van der Waals surface area contributed by atoms with E-state index in [1.807, 2.05) is 0 Å². The molecule has 1 N–H and O–H groups in total. The fourth-order valence-electron chi connectivity index (χ4n) is 3.00. The second-order valence-electron chi connectivity index (χ2n) is 5.71. The van der Waals surface area contributed by atoms with Gasteiger partial charge >= 0.3 is 0 Å². The van der Waals surface area contributed by atoms with Gasteiger partial charge in [0.2, 0.25) is 0 Å². The summed E-state index contributed by atoms with van der Waals surface area (Å²) in [7, 11) is 0. The molecular formula is C14H28N2. The lowest BCUT2D eigenvalue weighted by atomic mass is 9.98. The van der Waals surface area contributed by atoms with E-state index < -0.39 is 0 Å². The molecule has 2 nitrogen and oxygen atoms in total. The highest BCUT2D eigenvalue weighted by molar-refractivity contribution is 4.87. The van der Waals surface area contributed by atoms with Gasteiger partial charge in [0.1, 0.15) is 0 Å². The molecule has 2 rings (SSSR count). The van der Waals surface area contributed by atoms with Crippen LogP contribution in [-0.2, 0) is 0 Å². The van der Waals surface area contributed by atoms with Crippen molar-refractivity contribution in [3.63, 3.8) is 0 Å². The van der Waals surface area contributed by atoms with Crippen LogP contribution in [0, 0.1) is 0 Å². The summed E-state index contributed by atoms with van der Waals surface area (Å²) < 4.78 is 0. The van der Waals surface area contributed by atoms with Crippen LogP contribution in [0.5, 0.6) is 0 Å². The van der Waals surface area contributed by atoms with Crippen molar-refractivity contribution in [2.75, 3.05) is 13.1 Å². The number of nitrogens with zero attached hydrogens (tertiary/aromatic N) is 1. The van der Waals surface area contributed by atoms with Gasteiger partial charge in [0.25, 0.3) is 0 Å². The van der Waals surface area contributed by atoms with E-state index in [4.69, 9.17) is 0 Å². The molecule has 16 heavy (non-hydrogen) atoms. The van der Waals surface area contributed by atoms with Crippen LogP contribution in [0.1, 0.15) is 58.8 Å². The van der Waals surface area contributed by atoms with Crippen molar-refractivity contribution in [3.8, 4) is 0 Å². The summed E-state index contributed by atoms with van der Waals surface area (Å²) in [5.41, 5.74) is 0. The fraction of sp³-hybridized carbons (Fsp3) is 1.00. The molecular weight excluding hydrogens is 196 g/mol. The minimum absolute atomic E-state index is 0.788. The highest BCUT2D eigenvalue weighted by Gasteiger charge is 2.28. The number of likely N-dealkylation sites (tertiary alicyclic amines) is 1. The number of rotatable bonds is 6. The van der Waals surface area contributed by atoms with E-state index in [1.54, 1.807) is 0 Å². The minimum Gasteiger partial charge on any atom is -0.312 e. The van der Waals surface area contributed by atoms with E-state index >= 15 is 0 Å². The molecule has 94 valence electrons. The van der Waals surface area contributed by atoms with Crippen LogP contribution in [0.3, 0.4) is 0 Å². The molecule has 0 aromatic carbocycles. The molecule has 1 aliphatic heterocycles. The van der Waals surface area contributed by atoms with Gasteiger partial charge in [0, 0.05) is 24.7 Å². The predicted octanol–water partition coefficient (Wildman–Crippen LogP) is 2.78. The molecule has 1 saturated heterocycles. The van der Waals surface area contributed by atoms with Crippen LogP contribution < -0.4 is 5.32 Å². The van der Waals surface area contributed by atoms with Crippen LogP contribution in [-0.4, -0.2) is 36.1 Å². The van der Waals surface area contributed by atoms with Crippen molar-refractivity contribution < 1.29 is 0 Å². The highest BCUT2D eigenvalue weighted by Crippen LogP contribution is 2.23. The van der Waals surface area contributed by atoms with Gasteiger partial charge in [0.15, 0.2) is 0 Å². The lowest BCUT2D eigenvalue weighted by Gasteiger charge is -2.40. The lowest BCUT2D eigenvalue weighted by Crippen LogP contribution is -2.49. The number of hydrogen-bond acceptors (Lipinski definition) is 2. The molecule has 2 aliphatic rings. The average molecular weight is 224 g/mol. The average Bonchev–Trinajstić information content (AvgIpc) is 3.11. The Balaban J connectivity index is 1.79. The second kappa shape index (κ2) is 6.02. The minimum atomic E-state index is 0.788. The monoisotopic (exact) mass is 224 g/mol. The molecule has 2 unspecified atom stereocenters. The maximum absolute atomic E-state index is 3.71. The third-order valence-electron chi connectivity index (χ3n) is 4.16. The van der Waals surface area contributed by atoms with E-state index in [0.717, 1.165) is 18.1 Å². The second-order valence-corrected chi connectivity index (χ2v) is 5.71. The molecule has 0 spiro atoms. The van der Waals surface area contributed by atoms with Gasteiger partial charge in [-0.25, -0.2) is 0 Å². The molecule has 2 fully saturated rings. The van der Waals surface area contributed by atoms with Crippen LogP contribution >= 0.6 is 0 Å². The Morgan fingerprint density at radius 3 is 2.75 bits per heavy atom. The van der Waals surface area contributed by atoms with Gasteiger partial charge in [-0.15, -0.1) is 0 Å². The quantitative estimate of drug-likeness (QED) is 0.746. The zero-order valence-electron chi connectivity index (χ0n) is 11.0. The maximum atomic E-state index is 3.71. The molecule has 0 aromatic heterocycles. The van der Waals surface area contributed by atoms with E-state index in [0.29, 0.717) is 0 Å². The Kier molecular flexibility index (Phi) is 4.66. The number of piperidine rings is 1. The Morgan fingerprint density at radius 2 is 2.06 bits per heavy atom. The molecule has 0 aromatic rings. The number of nitrogens with one attached hydrogen (secondary N) is 1. The Hall–Kier alpha value is -0.0800. The van der Waals surface area contributed by atoms with E-state index in [-0.39, 0.29) is 0 Å². The van der Waals surface area contributed by atoms with Crippen molar-refractivity contribution >= 4 is 0 Å². The molecule has 0 amide bonds. The topological polar surface area (TPSA) is 15.3 Å². The summed E-state index contributed by atoms with van der Waals surface area (Å²) in [6.45, 7) is 7.29. The SMILES string of the molecule is CCCC(C)N1CCCCC1CNC1CC1. The fourth-order valence-corrected chi connectivity index (χ4v) is 3.00. The lowest BCUT2D eigenvalue weighted by molar-refractivity contribution is 0.0965. The summed E-state index contributed by atoms with van der Waals surface area (Å²) >= 11 is 0. The van der Waals surface area contributed by atoms with Crippen molar-refractivity contribution in [3.05, 3.63) is 0 Å². The van der Waals surface area contributed by atoms with Gasteiger partial charge in [-0.1, -0.05) is 19.8 Å². The van der Waals surface area contributed by atoms with E-state index in [2.05, 4.69) is 24.1 Å². The molecule has 2 atom stereocenters. The van der Waals surface area contributed by atoms with Gasteiger partial charge in [-0.3, -0.25) is 4.90 Å². The Labute approximate surface area is 101 Å². The zero-order valence-corrected chi connectivity index (χ0v) is 11.0. The standard InChI is InChI=1S/C14H28N2/c1-3-6-12(2)16-10-5-4-7-14(16)11-15-13-8-9-13/h12-15H,3-11H2,1-2H3. The molecule has 1 saturated carbocycles. The normalized spacial score (nSPS) is 29.2. The third kappa shape index (κ3) is 3.46. The first-order valence-corrected chi connectivity index (χ1v) is 7.30. The highest BCUT2D eigenvalue weighted by atomic mass is 15.2. The smallest absolute Gasteiger partial charge is 0.0223 e. The van der Waals surface area contributed by atoms with E-state index in [9.17, 15) is 0 Å². The van der Waals surface area contributed by atoms with Crippen LogP contribution in [0.25, 0.3) is 0 Å². The molecule has 1 heterocycles. The largest absolute Gasteiger partial charge is 0.312 e. The van der Waals surface area contributed by atoms with Gasteiger partial charge in [-0.2, -0.15) is 0 Å². The van der Waals surface area contributed by atoms with Crippen LogP contribution in [0.2, 0.25) is 0 Å². The summed E-state index contributed by atoms with van der Waals surface area (Å²) in [5, 5.41) is 3.71. The Morgan fingerprint density at radius 1 is 1.25 bits per heavy atom. The van der Waals surface area contributed by atoms with Crippen LogP contribution in [0.4, 0.5) is 0 Å². The first kappa shape index (κ1) is 12.4. The van der Waals surface area contributed by atoms with Crippen molar-refractivity contribution in [1.82, 2.24) is 10.2 Å². The van der Waals surface area contributed by atoms with Crippen molar-refractivity contribution in [2.24, 2.45) is 0 Å². The molecule has 1 aliphatic carbocycles. The van der Waals surface area contributed by atoms with Gasteiger partial charge < -0.3 is 5.32 Å². The van der Waals surface area contributed by atoms with Crippen molar-refractivity contribution in [2.45, 2.75) is 76.9 Å². The van der Waals surface area contributed by atoms with Gasteiger partial charge in [-0.05, 0) is 45.6 Å².